The van der Waals surface area contributed by atoms with Gasteiger partial charge in [0, 0.05) is 38.5 Å². The minimum Gasteiger partial charge on any atom is -0.348 e. The van der Waals surface area contributed by atoms with Gasteiger partial charge in [0.2, 0.25) is 23.5 Å². The fraction of sp³-hybridized carbons (Fsp3) is 0.294. The van der Waals surface area contributed by atoms with Crippen LogP contribution >= 0.6 is 0 Å². The molecular weight excluding hydrogens is 350 g/mol. The van der Waals surface area contributed by atoms with E-state index in [9.17, 15) is 9.59 Å². The van der Waals surface area contributed by atoms with Crippen LogP contribution in [0.3, 0.4) is 0 Å². The first kappa shape index (κ1) is 18.2. The SMILES string of the molecule is CC(=O)N[C@@H](Cc1cnc[nH]1)C(=O)N(C)Cc1nc(-c2ccccn2)no1. The number of aromatic amines is 1. The summed E-state index contributed by atoms with van der Waals surface area (Å²) in [7, 11) is 1.61. The Labute approximate surface area is 155 Å². The second kappa shape index (κ2) is 8.21. The number of imidazole rings is 1. The van der Waals surface area contributed by atoms with Crippen LogP contribution < -0.4 is 5.32 Å². The van der Waals surface area contributed by atoms with Crippen molar-refractivity contribution in [3.05, 3.63) is 48.5 Å². The minimum absolute atomic E-state index is 0.109. The molecule has 2 N–H and O–H groups in total. The number of nitrogens with zero attached hydrogens (tertiary/aromatic N) is 5. The van der Waals surface area contributed by atoms with Gasteiger partial charge in [0.25, 0.3) is 0 Å². The van der Waals surface area contributed by atoms with Crippen LogP contribution in [0.5, 0.6) is 0 Å². The number of hydrogen-bond acceptors (Lipinski definition) is 7. The number of carbonyl (C=O) groups excluding carboxylic acids is 2. The normalized spacial score (nSPS) is 11.8. The van der Waals surface area contributed by atoms with E-state index in [0.717, 1.165) is 5.69 Å². The van der Waals surface area contributed by atoms with Gasteiger partial charge in [0.05, 0.1) is 12.9 Å². The molecule has 0 spiro atoms. The third kappa shape index (κ3) is 4.75. The van der Waals surface area contributed by atoms with Crippen molar-refractivity contribution in [2.75, 3.05) is 7.05 Å². The van der Waals surface area contributed by atoms with E-state index in [1.807, 2.05) is 6.07 Å². The zero-order chi connectivity index (χ0) is 19.2. The predicted molar refractivity (Wildman–Crippen MR) is 93.9 cm³/mol. The lowest BCUT2D eigenvalue weighted by Crippen LogP contribution is -2.47. The van der Waals surface area contributed by atoms with Crippen LogP contribution in [-0.2, 0) is 22.6 Å². The summed E-state index contributed by atoms with van der Waals surface area (Å²) in [5, 5.41) is 6.54. The topological polar surface area (TPSA) is 130 Å². The van der Waals surface area contributed by atoms with Crippen molar-refractivity contribution >= 4 is 11.8 Å². The maximum Gasteiger partial charge on any atom is 0.246 e. The highest BCUT2D eigenvalue weighted by molar-refractivity contribution is 5.86. The van der Waals surface area contributed by atoms with Crippen molar-refractivity contribution in [3.8, 4) is 11.5 Å². The third-order valence-electron chi connectivity index (χ3n) is 3.77. The van der Waals surface area contributed by atoms with Gasteiger partial charge in [0.1, 0.15) is 11.7 Å². The van der Waals surface area contributed by atoms with Gasteiger partial charge in [-0.15, -0.1) is 0 Å². The van der Waals surface area contributed by atoms with E-state index >= 15 is 0 Å². The number of rotatable bonds is 7. The number of H-pyrrole nitrogens is 1. The molecule has 2 amide bonds. The van der Waals surface area contributed by atoms with Gasteiger partial charge >= 0.3 is 0 Å². The highest BCUT2D eigenvalue weighted by Gasteiger charge is 2.25. The monoisotopic (exact) mass is 369 g/mol. The smallest absolute Gasteiger partial charge is 0.246 e. The van der Waals surface area contributed by atoms with Crippen LogP contribution in [0.25, 0.3) is 11.5 Å². The van der Waals surface area contributed by atoms with E-state index in [1.165, 1.54) is 18.2 Å². The number of likely N-dealkylation sites (N-methyl/N-ethyl adjacent to an activating group) is 1. The quantitative estimate of drug-likeness (QED) is 0.622. The van der Waals surface area contributed by atoms with Crippen LogP contribution in [-0.4, -0.2) is 54.9 Å². The van der Waals surface area contributed by atoms with Crippen molar-refractivity contribution < 1.29 is 14.1 Å². The lowest BCUT2D eigenvalue weighted by atomic mass is 10.1. The molecular formula is C17H19N7O3. The van der Waals surface area contributed by atoms with E-state index in [1.54, 1.807) is 31.6 Å². The van der Waals surface area contributed by atoms with E-state index < -0.39 is 6.04 Å². The zero-order valence-electron chi connectivity index (χ0n) is 14.9. The van der Waals surface area contributed by atoms with Gasteiger partial charge in [-0.1, -0.05) is 11.2 Å². The molecule has 0 radical (unpaired) electrons. The average molecular weight is 369 g/mol. The Morgan fingerprint density at radius 2 is 2.22 bits per heavy atom. The van der Waals surface area contributed by atoms with E-state index in [2.05, 4.69) is 30.4 Å². The Hall–Kier alpha value is -3.56. The lowest BCUT2D eigenvalue weighted by molar-refractivity contribution is -0.135. The van der Waals surface area contributed by atoms with Gasteiger partial charge < -0.3 is 19.7 Å². The summed E-state index contributed by atoms with van der Waals surface area (Å²) in [4.78, 5) is 40.9. The van der Waals surface area contributed by atoms with Crippen molar-refractivity contribution in [2.24, 2.45) is 0 Å². The number of aromatic nitrogens is 5. The molecule has 0 saturated heterocycles. The highest BCUT2D eigenvalue weighted by Crippen LogP contribution is 2.13. The van der Waals surface area contributed by atoms with Crippen LogP contribution in [0, 0.1) is 0 Å². The first-order valence-corrected chi connectivity index (χ1v) is 8.26. The molecule has 3 rings (SSSR count). The van der Waals surface area contributed by atoms with E-state index in [-0.39, 0.29) is 24.2 Å². The van der Waals surface area contributed by atoms with Gasteiger partial charge in [-0.2, -0.15) is 4.98 Å². The molecule has 0 aliphatic rings. The minimum atomic E-state index is -0.730. The van der Waals surface area contributed by atoms with Gasteiger partial charge in [-0.3, -0.25) is 14.6 Å². The Bertz CT molecular complexity index is 892. The number of pyridine rings is 1. The van der Waals surface area contributed by atoms with Crippen LogP contribution in [0.4, 0.5) is 0 Å². The third-order valence-corrected chi connectivity index (χ3v) is 3.77. The largest absolute Gasteiger partial charge is 0.348 e. The van der Waals surface area contributed by atoms with Crippen LogP contribution in [0.15, 0.2) is 41.4 Å². The van der Waals surface area contributed by atoms with Crippen molar-refractivity contribution in [3.63, 3.8) is 0 Å². The van der Waals surface area contributed by atoms with E-state index in [4.69, 9.17) is 4.52 Å². The molecule has 0 unspecified atom stereocenters. The molecule has 0 saturated carbocycles. The van der Waals surface area contributed by atoms with Crippen molar-refractivity contribution in [2.45, 2.75) is 25.9 Å². The molecule has 3 heterocycles. The first-order chi connectivity index (χ1) is 13.0. The summed E-state index contributed by atoms with van der Waals surface area (Å²) in [6.07, 6.45) is 5.06. The standard InChI is InChI=1S/C17H19N7O3/c1-11(25)21-14(7-12-8-18-10-20-12)17(26)24(2)9-15-22-16(23-27-15)13-5-3-4-6-19-13/h3-6,8,10,14H,7,9H2,1-2H3,(H,18,20)(H,21,25)/t14-/m0/s1. The summed E-state index contributed by atoms with van der Waals surface area (Å²) in [6.45, 7) is 1.47. The number of amides is 2. The lowest BCUT2D eigenvalue weighted by Gasteiger charge is -2.22. The Morgan fingerprint density at radius 1 is 1.37 bits per heavy atom. The maximum absolute atomic E-state index is 12.8. The molecule has 10 nitrogen and oxygen atoms in total. The average Bonchev–Trinajstić information content (AvgIpc) is 3.33. The van der Waals surface area contributed by atoms with Crippen LogP contribution in [0.1, 0.15) is 18.5 Å². The van der Waals surface area contributed by atoms with Crippen LogP contribution in [0.2, 0.25) is 0 Å². The predicted octanol–water partition coefficient (Wildman–Crippen LogP) is 0.560. The summed E-state index contributed by atoms with van der Waals surface area (Å²) >= 11 is 0. The zero-order valence-corrected chi connectivity index (χ0v) is 14.9. The van der Waals surface area contributed by atoms with Crippen molar-refractivity contribution in [1.82, 2.24) is 35.3 Å². The fourth-order valence-corrected chi connectivity index (χ4v) is 2.53. The Morgan fingerprint density at radius 3 is 2.89 bits per heavy atom. The number of hydrogen-bond donors (Lipinski definition) is 2. The molecule has 0 aliphatic heterocycles. The molecule has 3 aromatic rings. The molecule has 27 heavy (non-hydrogen) atoms. The molecule has 140 valence electrons. The second-order valence-corrected chi connectivity index (χ2v) is 5.96. The second-order valence-electron chi connectivity index (χ2n) is 5.96. The number of carbonyl (C=O) groups is 2. The fourth-order valence-electron chi connectivity index (χ4n) is 2.53. The molecule has 0 aromatic carbocycles. The van der Waals surface area contributed by atoms with Gasteiger partial charge in [0.15, 0.2) is 0 Å². The summed E-state index contributed by atoms with van der Waals surface area (Å²) in [6, 6.07) is 4.65. The highest BCUT2D eigenvalue weighted by atomic mass is 16.5. The molecule has 10 heteroatoms. The first-order valence-electron chi connectivity index (χ1n) is 8.26. The molecule has 0 bridgehead atoms. The Kier molecular flexibility index (Phi) is 5.55. The van der Waals surface area contributed by atoms with Gasteiger partial charge in [-0.25, -0.2) is 4.98 Å². The molecule has 1 atom stereocenters. The molecule has 3 aromatic heterocycles. The number of nitrogens with one attached hydrogen (secondary N) is 2. The van der Waals surface area contributed by atoms with E-state index in [0.29, 0.717) is 17.9 Å². The molecule has 0 aliphatic carbocycles. The Balaban J connectivity index is 1.68. The van der Waals surface area contributed by atoms with Gasteiger partial charge in [-0.05, 0) is 12.1 Å². The summed E-state index contributed by atoms with van der Waals surface area (Å²) in [5.74, 6) is 0.0471. The maximum atomic E-state index is 12.8. The summed E-state index contributed by atoms with van der Waals surface area (Å²) < 4.78 is 5.21. The van der Waals surface area contributed by atoms with Crippen molar-refractivity contribution in [1.29, 1.82) is 0 Å². The molecule has 0 fully saturated rings. The summed E-state index contributed by atoms with van der Waals surface area (Å²) in [5.41, 5.74) is 1.32.